The largest absolute Gasteiger partial charge is 0.504 e. The van der Waals surface area contributed by atoms with Crippen molar-refractivity contribution in [3.05, 3.63) is 23.3 Å². The second kappa shape index (κ2) is 5.16. The fourth-order valence-corrected chi connectivity index (χ4v) is 3.06. The van der Waals surface area contributed by atoms with Crippen molar-refractivity contribution in [1.82, 2.24) is 0 Å². The van der Waals surface area contributed by atoms with Gasteiger partial charge in [0.2, 0.25) is 0 Å². The quantitative estimate of drug-likeness (QED) is 0.732. The van der Waals surface area contributed by atoms with Crippen molar-refractivity contribution in [3.8, 4) is 11.5 Å². The summed E-state index contributed by atoms with van der Waals surface area (Å²) in [5.74, 6) is -1.30. The molecule has 1 aromatic rings. The highest BCUT2D eigenvalue weighted by Gasteiger charge is 2.42. The van der Waals surface area contributed by atoms with Crippen LogP contribution in [-0.2, 0) is 11.6 Å². The molecule has 0 atom stereocenters. The zero-order valence-electron chi connectivity index (χ0n) is 11.0. The monoisotopic (exact) mass is 289 g/mol. The van der Waals surface area contributed by atoms with Gasteiger partial charge in [-0.1, -0.05) is 19.3 Å². The van der Waals surface area contributed by atoms with Crippen LogP contribution in [0.1, 0.15) is 43.2 Å². The first-order chi connectivity index (χ1) is 9.30. The van der Waals surface area contributed by atoms with E-state index in [1.807, 2.05) is 0 Å². The summed E-state index contributed by atoms with van der Waals surface area (Å²) in [6.45, 7) is 0.0975. The van der Waals surface area contributed by atoms with Gasteiger partial charge in [-0.3, -0.25) is 0 Å². The van der Waals surface area contributed by atoms with Crippen LogP contribution >= 0.6 is 0 Å². The minimum Gasteiger partial charge on any atom is -0.504 e. The Balaban J connectivity index is 2.61. The number of phenols is 2. The molecule has 6 heteroatoms. The third kappa shape index (κ3) is 2.57. The molecule has 0 heterocycles. The average molecular weight is 289 g/mol. The molecule has 0 aliphatic heterocycles. The van der Waals surface area contributed by atoms with E-state index in [1.165, 1.54) is 0 Å². The van der Waals surface area contributed by atoms with Gasteiger partial charge in [0.15, 0.2) is 11.5 Å². The third-order valence-electron chi connectivity index (χ3n) is 4.19. The van der Waals surface area contributed by atoms with Crippen LogP contribution < -0.4 is 5.73 Å². The molecular weight excluding hydrogens is 271 g/mol. The SMILES string of the molecule is NCC1(c2cc(O)c(O)cc2C(F)(F)F)CCCCC1. The molecule has 112 valence electrons. The predicted octanol–water partition coefficient (Wildman–Crippen LogP) is 3.28. The Bertz CT molecular complexity index is 494. The number of phenolic OH excluding ortho intramolecular Hbond substituents is 2. The van der Waals surface area contributed by atoms with Crippen LogP contribution in [0.4, 0.5) is 13.2 Å². The number of aromatic hydroxyl groups is 2. The van der Waals surface area contributed by atoms with E-state index in [9.17, 15) is 23.4 Å². The van der Waals surface area contributed by atoms with Crippen LogP contribution in [0.25, 0.3) is 0 Å². The van der Waals surface area contributed by atoms with Gasteiger partial charge in [0.25, 0.3) is 0 Å². The molecule has 2 rings (SSSR count). The van der Waals surface area contributed by atoms with Crippen LogP contribution in [0.3, 0.4) is 0 Å². The number of alkyl halides is 3. The van der Waals surface area contributed by atoms with Gasteiger partial charge in [-0.15, -0.1) is 0 Å². The Morgan fingerprint density at radius 3 is 2.10 bits per heavy atom. The predicted molar refractivity (Wildman–Crippen MR) is 68.6 cm³/mol. The average Bonchev–Trinajstić information content (AvgIpc) is 2.41. The van der Waals surface area contributed by atoms with Gasteiger partial charge >= 0.3 is 6.18 Å². The van der Waals surface area contributed by atoms with Crippen LogP contribution in [0.2, 0.25) is 0 Å². The van der Waals surface area contributed by atoms with Gasteiger partial charge < -0.3 is 15.9 Å². The fourth-order valence-electron chi connectivity index (χ4n) is 3.06. The lowest BCUT2D eigenvalue weighted by Crippen LogP contribution is -2.38. The minimum absolute atomic E-state index is 0.00231. The number of halogens is 3. The number of nitrogens with two attached hydrogens (primary N) is 1. The highest BCUT2D eigenvalue weighted by Crippen LogP contribution is 2.47. The lowest BCUT2D eigenvalue weighted by molar-refractivity contribution is -0.139. The van der Waals surface area contributed by atoms with Crippen molar-refractivity contribution >= 4 is 0 Å². The number of hydrogen-bond donors (Lipinski definition) is 3. The maximum Gasteiger partial charge on any atom is 0.416 e. The molecule has 4 N–H and O–H groups in total. The molecule has 0 saturated heterocycles. The van der Waals surface area contributed by atoms with Gasteiger partial charge in [0.05, 0.1) is 5.56 Å². The van der Waals surface area contributed by atoms with Gasteiger partial charge in [0.1, 0.15) is 0 Å². The molecule has 0 aromatic heterocycles. The topological polar surface area (TPSA) is 66.5 Å². The van der Waals surface area contributed by atoms with E-state index in [0.29, 0.717) is 18.9 Å². The normalized spacial score (nSPS) is 19.0. The van der Waals surface area contributed by atoms with E-state index >= 15 is 0 Å². The maximum absolute atomic E-state index is 13.2. The lowest BCUT2D eigenvalue weighted by atomic mass is 9.68. The lowest BCUT2D eigenvalue weighted by Gasteiger charge is -2.38. The summed E-state index contributed by atoms with van der Waals surface area (Å²) < 4.78 is 39.6. The Labute approximate surface area is 115 Å². The molecule has 1 aromatic carbocycles. The highest BCUT2D eigenvalue weighted by molar-refractivity contribution is 5.50. The van der Waals surface area contributed by atoms with E-state index in [1.54, 1.807) is 0 Å². The minimum atomic E-state index is -4.58. The van der Waals surface area contributed by atoms with Crippen molar-refractivity contribution < 1.29 is 23.4 Å². The summed E-state index contributed by atoms with van der Waals surface area (Å²) in [7, 11) is 0. The van der Waals surface area contributed by atoms with E-state index in [4.69, 9.17) is 5.73 Å². The maximum atomic E-state index is 13.2. The second-order valence-corrected chi connectivity index (χ2v) is 5.43. The highest BCUT2D eigenvalue weighted by atomic mass is 19.4. The zero-order chi connectivity index (χ0) is 15.0. The van der Waals surface area contributed by atoms with Crippen molar-refractivity contribution in [2.75, 3.05) is 6.54 Å². The molecule has 1 aliphatic carbocycles. The van der Waals surface area contributed by atoms with Crippen molar-refractivity contribution in [1.29, 1.82) is 0 Å². The number of hydrogen-bond acceptors (Lipinski definition) is 3. The molecule has 3 nitrogen and oxygen atoms in total. The summed E-state index contributed by atoms with van der Waals surface area (Å²) in [6.07, 6.45) is -0.840. The van der Waals surface area contributed by atoms with Crippen LogP contribution in [0.5, 0.6) is 11.5 Å². The van der Waals surface area contributed by atoms with Gasteiger partial charge in [-0.05, 0) is 30.5 Å². The van der Waals surface area contributed by atoms with E-state index in [0.717, 1.165) is 25.3 Å². The standard InChI is InChI=1S/C14H18F3NO2/c15-14(16,17)10-7-12(20)11(19)6-9(10)13(8-18)4-2-1-3-5-13/h6-7,19-20H,1-5,8,18H2. The van der Waals surface area contributed by atoms with Crippen LogP contribution in [-0.4, -0.2) is 16.8 Å². The molecule has 1 fully saturated rings. The summed E-state index contributed by atoms with van der Waals surface area (Å²) in [5.41, 5.74) is 4.09. The zero-order valence-corrected chi connectivity index (χ0v) is 11.0. The van der Waals surface area contributed by atoms with Gasteiger partial charge in [0, 0.05) is 12.0 Å². The van der Waals surface area contributed by atoms with Crippen LogP contribution in [0.15, 0.2) is 12.1 Å². The van der Waals surface area contributed by atoms with Crippen molar-refractivity contribution in [2.24, 2.45) is 5.73 Å². The second-order valence-electron chi connectivity index (χ2n) is 5.43. The van der Waals surface area contributed by atoms with Crippen molar-refractivity contribution in [3.63, 3.8) is 0 Å². The van der Waals surface area contributed by atoms with E-state index in [-0.39, 0.29) is 12.1 Å². The van der Waals surface area contributed by atoms with Gasteiger partial charge in [-0.2, -0.15) is 13.2 Å². The summed E-state index contributed by atoms with van der Waals surface area (Å²) in [5, 5.41) is 18.9. The fraction of sp³-hybridized carbons (Fsp3) is 0.571. The first-order valence-electron chi connectivity index (χ1n) is 6.64. The van der Waals surface area contributed by atoms with Crippen molar-refractivity contribution in [2.45, 2.75) is 43.7 Å². The first-order valence-corrected chi connectivity index (χ1v) is 6.64. The molecular formula is C14H18F3NO2. The number of rotatable bonds is 2. The Morgan fingerprint density at radius 2 is 1.60 bits per heavy atom. The summed E-state index contributed by atoms with van der Waals surface area (Å²) in [4.78, 5) is 0. The molecule has 1 aliphatic rings. The molecule has 0 spiro atoms. The Morgan fingerprint density at radius 1 is 1.05 bits per heavy atom. The first kappa shape index (κ1) is 15.0. The summed E-state index contributed by atoms with van der Waals surface area (Å²) in [6, 6.07) is 1.62. The summed E-state index contributed by atoms with van der Waals surface area (Å²) >= 11 is 0. The van der Waals surface area contributed by atoms with Gasteiger partial charge in [-0.25, -0.2) is 0 Å². The smallest absolute Gasteiger partial charge is 0.416 e. The molecule has 1 saturated carbocycles. The third-order valence-corrected chi connectivity index (χ3v) is 4.19. The molecule has 0 amide bonds. The van der Waals surface area contributed by atoms with E-state index in [2.05, 4.69) is 0 Å². The molecule has 0 radical (unpaired) electrons. The molecule has 0 bridgehead atoms. The van der Waals surface area contributed by atoms with Crippen LogP contribution in [0, 0.1) is 0 Å². The Kier molecular flexibility index (Phi) is 3.86. The Hall–Kier alpha value is -1.43. The molecule has 20 heavy (non-hydrogen) atoms. The molecule has 0 unspecified atom stereocenters. The van der Waals surface area contributed by atoms with E-state index < -0.39 is 28.7 Å². The number of benzene rings is 1.